The van der Waals surface area contributed by atoms with Gasteiger partial charge in [-0.15, -0.1) is 0 Å². The molecule has 0 fully saturated rings. The van der Waals surface area contributed by atoms with Gasteiger partial charge in [-0.25, -0.2) is 4.57 Å². The van der Waals surface area contributed by atoms with Gasteiger partial charge in [0.25, 0.3) is 0 Å². The number of carbonyl (C=O) groups is 2. The normalized spacial score (nSPS) is 12.1. The Balaban J connectivity index is 3.74. The molecule has 0 saturated carbocycles. The van der Waals surface area contributed by atoms with E-state index in [1.54, 1.807) is 0 Å². The van der Waals surface area contributed by atoms with Crippen LogP contribution in [0.25, 0.3) is 0 Å². The SMILES string of the molecule is CCCCCCCCCC(=O)O[C@@H](COP=O)COC(=O)CCCCCCCCCCCCCCCN. The van der Waals surface area contributed by atoms with E-state index in [4.69, 9.17) is 19.7 Å². The summed E-state index contributed by atoms with van der Waals surface area (Å²) >= 11 is 0. The van der Waals surface area contributed by atoms with Gasteiger partial charge < -0.3 is 15.2 Å². The second kappa shape index (κ2) is 29.5. The highest BCUT2D eigenvalue weighted by atomic mass is 31.1. The Kier molecular flexibility index (Phi) is 28.7. The van der Waals surface area contributed by atoms with Gasteiger partial charge in [0, 0.05) is 12.8 Å². The third-order valence-corrected chi connectivity index (χ3v) is 6.87. The average molecular weight is 546 g/mol. The maximum Gasteiger partial charge on any atom is 0.327 e. The molecule has 218 valence electrons. The van der Waals surface area contributed by atoms with Crippen molar-refractivity contribution in [1.82, 2.24) is 0 Å². The molecule has 0 aromatic rings. The fourth-order valence-electron chi connectivity index (χ4n) is 4.32. The molecule has 0 aliphatic rings. The van der Waals surface area contributed by atoms with Crippen molar-refractivity contribution in [2.45, 2.75) is 154 Å². The van der Waals surface area contributed by atoms with Crippen molar-refractivity contribution >= 4 is 20.6 Å². The molecule has 0 amide bonds. The van der Waals surface area contributed by atoms with Gasteiger partial charge in [-0.3, -0.25) is 14.1 Å². The van der Waals surface area contributed by atoms with Crippen molar-refractivity contribution < 1.29 is 28.2 Å². The van der Waals surface area contributed by atoms with Gasteiger partial charge in [-0.1, -0.05) is 116 Å². The molecular formula is C29H56NO6P. The summed E-state index contributed by atoms with van der Waals surface area (Å²) < 4.78 is 26.1. The minimum Gasteiger partial charge on any atom is -0.462 e. The van der Waals surface area contributed by atoms with Crippen LogP contribution in [0.15, 0.2) is 0 Å². The van der Waals surface area contributed by atoms with Crippen LogP contribution in [-0.2, 0) is 28.2 Å². The van der Waals surface area contributed by atoms with E-state index in [1.165, 1.54) is 83.5 Å². The molecule has 0 unspecified atom stereocenters. The fraction of sp³-hybridized carbons (Fsp3) is 0.931. The van der Waals surface area contributed by atoms with Gasteiger partial charge in [0.2, 0.25) is 0 Å². The molecular weight excluding hydrogens is 489 g/mol. The van der Waals surface area contributed by atoms with Gasteiger partial charge in [0.15, 0.2) is 6.10 Å². The molecule has 1 atom stereocenters. The Morgan fingerprint density at radius 3 is 1.51 bits per heavy atom. The van der Waals surface area contributed by atoms with Crippen molar-refractivity contribution in [3.63, 3.8) is 0 Å². The Labute approximate surface area is 228 Å². The Bertz CT molecular complexity index is 535. The molecule has 0 aliphatic carbocycles. The van der Waals surface area contributed by atoms with E-state index >= 15 is 0 Å². The lowest BCUT2D eigenvalue weighted by Gasteiger charge is -2.16. The summed E-state index contributed by atoms with van der Waals surface area (Å²) in [6.07, 6.45) is 23.7. The first kappa shape index (κ1) is 36.0. The smallest absolute Gasteiger partial charge is 0.327 e. The van der Waals surface area contributed by atoms with Crippen molar-refractivity contribution in [3.8, 4) is 0 Å². The van der Waals surface area contributed by atoms with Crippen LogP contribution in [0.2, 0.25) is 0 Å². The Morgan fingerprint density at radius 1 is 0.622 bits per heavy atom. The Hall–Kier alpha value is -1.04. The van der Waals surface area contributed by atoms with E-state index in [1.807, 2.05) is 0 Å². The van der Waals surface area contributed by atoms with Crippen molar-refractivity contribution in [3.05, 3.63) is 0 Å². The molecule has 37 heavy (non-hydrogen) atoms. The summed E-state index contributed by atoms with van der Waals surface area (Å²) in [7, 11) is -0.486. The highest BCUT2D eigenvalue weighted by Gasteiger charge is 2.17. The molecule has 0 aliphatic heterocycles. The minimum atomic E-state index is -0.728. The fourth-order valence-corrected chi connectivity index (χ4v) is 4.54. The third-order valence-electron chi connectivity index (χ3n) is 6.61. The van der Waals surface area contributed by atoms with Gasteiger partial charge >= 0.3 is 20.6 Å². The van der Waals surface area contributed by atoms with Crippen LogP contribution < -0.4 is 5.73 Å². The maximum absolute atomic E-state index is 12.1. The van der Waals surface area contributed by atoms with E-state index in [-0.39, 0.29) is 25.2 Å². The van der Waals surface area contributed by atoms with Crippen LogP contribution in [0.1, 0.15) is 148 Å². The van der Waals surface area contributed by atoms with Gasteiger partial charge in [0.1, 0.15) is 13.2 Å². The predicted molar refractivity (Wildman–Crippen MR) is 151 cm³/mol. The molecule has 8 heteroatoms. The first-order valence-electron chi connectivity index (χ1n) is 15.1. The van der Waals surface area contributed by atoms with Crippen molar-refractivity contribution in [2.75, 3.05) is 19.8 Å². The summed E-state index contributed by atoms with van der Waals surface area (Å²) in [4.78, 5) is 24.2. The number of carbonyl (C=O) groups excluding carboxylic acids is 2. The largest absolute Gasteiger partial charge is 0.462 e. The van der Waals surface area contributed by atoms with Crippen LogP contribution in [0.5, 0.6) is 0 Å². The molecule has 0 radical (unpaired) electrons. The zero-order chi connectivity index (χ0) is 27.2. The summed E-state index contributed by atoms with van der Waals surface area (Å²) in [6, 6.07) is 0. The lowest BCUT2D eigenvalue weighted by Crippen LogP contribution is -2.28. The van der Waals surface area contributed by atoms with Crippen LogP contribution >= 0.6 is 8.69 Å². The molecule has 0 bridgehead atoms. The molecule has 0 heterocycles. The summed E-state index contributed by atoms with van der Waals surface area (Å²) in [6.45, 7) is 2.88. The topological polar surface area (TPSA) is 105 Å². The average Bonchev–Trinajstić information content (AvgIpc) is 2.89. The first-order valence-corrected chi connectivity index (χ1v) is 15.9. The van der Waals surface area contributed by atoms with Crippen molar-refractivity contribution in [2.24, 2.45) is 5.73 Å². The van der Waals surface area contributed by atoms with E-state index in [0.29, 0.717) is 12.8 Å². The molecule has 2 N–H and O–H groups in total. The number of hydrogen-bond donors (Lipinski definition) is 1. The number of rotatable bonds is 29. The van der Waals surface area contributed by atoms with Gasteiger partial charge in [-0.2, -0.15) is 0 Å². The van der Waals surface area contributed by atoms with Crippen LogP contribution in [0, 0.1) is 0 Å². The zero-order valence-electron chi connectivity index (χ0n) is 23.7. The third kappa shape index (κ3) is 27.8. The molecule has 0 aromatic heterocycles. The highest BCUT2D eigenvalue weighted by molar-refractivity contribution is 7.17. The van der Waals surface area contributed by atoms with E-state index in [2.05, 4.69) is 6.92 Å². The molecule has 0 saturated heterocycles. The number of ether oxygens (including phenoxy) is 2. The quantitative estimate of drug-likeness (QED) is 0.0573. The standard InChI is InChI=1S/C29H56NO6P/c1-2-3-4-5-13-17-20-23-29(32)36-27(26-35-37-33)25-34-28(31)22-19-16-14-11-9-7-6-8-10-12-15-18-21-24-30/h27H,2-26,30H2,1H3/t27-/m1/s1. The summed E-state index contributed by atoms with van der Waals surface area (Å²) in [5, 5.41) is 0. The zero-order valence-corrected chi connectivity index (χ0v) is 24.6. The van der Waals surface area contributed by atoms with E-state index in [9.17, 15) is 14.2 Å². The van der Waals surface area contributed by atoms with Gasteiger partial charge in [-0.05, 0) is 25.8 Å². The maximum atomic E-state index is 12.1. The van der Waals surface area contributed by atoms with E-state index < -0.39 is 14.8 Å². The van der Waals surface area contributed by atoms with Crippen LogP contribution in [0.4, 0.5) is 0 Å². The van der Waals surface area contributed by atoms with Crippen molar-refractivity contribution in [1.29, 1.82) is 0 Å². The van der Waals surface area contributed by atoms with Crippen LogP contribution in [0.3, 0.4) is 0 Å². The highest BCUT2D eigenvalue weighted by Crippen LogP contribution is 2.14. The molecule has 7 nitrogen and oxygen atoms in total. The summed E-state index contributed by atoms with van der Waals surface area (Å²) in [5.74, 6) is -0.623. The molecule has 0 rings (SSSR count). The number of unbranched alkanes of at least 4 members (excludes halogenated alkanes) is 18. The predicted octanol–water partition coefficient (Wildman–Crippen LogP) is 8.23. The van der Waals surface area contributed by atoms with Crippen LogP contribution in [-0.4, -0.2) is 37.8 Å². The number of hydrogen-bond acceptors (Lipinski definition) is 7. The molecule has 0 aromatic carbocycles. The minimum absolute atomic E-state index is 0.0601. The summed E-state index contributed by atoms with van der Waals surface area (Å²) in [5.41, 5.74) is 5.51. The second-order valence-electron chi connectivity index (χ2n) is 10.2. The lowest BCUT2D eigenvalue weighted by atomic mass is 10.0. The lowest BCUT2D eigenvalue weighted by molar-refractivity contribution is -0.160. The second-order valence-corrected chi connectivity index (χ2v) is 10.6. The molecule has 0 spiro atoms. The van der Waals surface area contributed by atoms with Gasteiger partial charge in [0.05, 0.1) is 0 Å². The van der Waals surface area contributed by atoms with E-state index in [0.717, 1.165) is 51.5 Å². The Morgan fingerprint density at radius 2 is 1.05 bits per heavy atom. The number of nitrogens with two attached hydrogens (primary N) is 1. The number of esters is 2. The monoisotopic (exact) mass is 545 g/mol. The first-order chi connectivity index (χ1) is 18.1.